The number of para-hydroxylation sites is 1. The van der Waals surface area contributed by atoms with Gasteiger partial charge in [-0.15, -0.1) is 0 Å². The summed E-state index contributed by atoms with van der Waals surface area (Å²) < 4.78 is 5.93. The first-order chi connectivity index (χ1) is 9.65. The second-order valence-electron chi connectivity index (χ2n) is 3.96. The minimum Gasteiger partial charge on any atom is -0.496 e. The van der Waals surface area contributed by atoms with Gasteiger partial charge in [0.05, 0.1) is 23.9 Å². The third kappa shape index (κ3) is 2.98. The molecule has 0 bridgehead atoms. The van der Waals surface area contributed by atoms with Crippen LogP contribution >= 0.6 is 15.9 Å². The smallest absolute Gasteiger partial charge is 0.259 e. The van der Waals surface area contributed by atoms with Gasteiger partial charge >= 0.3 is 0 Å². The van der Waals surface area contributed by atoms with Crippen molar-refractivity contribution in [2.24, 2.45) is 0 Å². The Morgan fingerprint density at radius 2 is 2.05 bits per heavy atom. The lowest BCUT2D eigenvalue weighted by Crippen LogP contribution is -2.14. The SMILES string of the molecule is COc1ccccc1C(=O)Nc1cc(Br)ccc1C#N. The number of nitrogens with one attached hydrogen (secondary N) is 1. The standard InChI is InChI=1S/C15H11BrN2O2/c1-20-14-5-3-2-4-12(14)15(19)18-13-8-11(16)7-6-10(13)9-17/h2-8H,1H3,(H,18,19). The van der Waals surface area contributed by atoms with Crippen molar-refractivity contribution in [3.8, 4) is 11.8 Å². The number of halogens is 1. The number of hydrogen-bond donors (Lipinski definition) is 1. The molecule has 0 atom stereocenters. The topological polar surface area (TPSA) is 62.1 Å². The summed E-state index contributed by atoms with van der Waals surface area (Å²) in [4.78, 5) is 12.3. The number of anilines is 1. The maximum Gasteiger partial charge on any atom is 0.259 e. The van der Waals surface area contributed by atoms with Gasteiger partial charge in [0.2, 0.25) is 0 Å². The Balaban J connectivity index is 2.33. The molecule has 1 amide bonds. The highest BCUT2D eigenvalue weighted by Crippen LogP contribution is 2.23. The summed E-state index contributed by atoms with van der Waals surface area (Å²) in [6.45, 7) is 0. The molecule has 2 aromatic rings. The lowest BCUT2D eigenvalue weighted by Gasteiger charge is -2.10. The second kappa shape index (κ2) is 6.22. The van der Waals surface area contributed by atoms with Gasteiger partial charge in [0.25, 0.3) is 5.91 Å². The largest absolute Gasteiger partial charge is 0.496 e. The van der Waals surface area contributed by atoms with E-state index in [9.17, 15) is 4.79 Å². The molecule has 0 radical (unpaired) electrons. The zero-order valence-electron chi connectivity index (χ0n) is 10.7. The van der Waals surface area contributed by atoms with Crippen LogP contribution in [0.3, 0.4) is 0 Å². The predicted octanol–water partition coefficient (Wildman–Crippen LogP) is 3.58. The first-order valence-corrected chi connectivity index (χ1v) is 6.59. The van der Waals surface area contributed by atoms with Crippen molar-refractivity contribution in [1.29, 1.82) is 5.26 Å². The van der Waals surface area contributed by atoms with Gasteiger partial charge in [0.15, 0.2) is 0 Å². The molecule has 5 heteroatoms. The highest BCUT2D eigenvalue weighted by Gasteiger charge is 2.13. The maximum absolute atomic E-state index is 12.3. The van der Waals surface area contributed by atoms with Crippen LogP contribution in [0.25, 0.3) is 0 Å². The zero-order valence-corrected chi connectivity index (χ0v) is 12.3. The van der Waals surface area contributed by atoms with Gasteiger partial charge in [-0.25, -0.2) is 0 Å². The number of nitrogens with zero attached hydrogens (tertiary/aromatic N) is 1. The molecule has 0 fully saturated rings. The predicted molar refractivity (Wildman–Crippen MR) is 79.8 cm³/mol. The fourth-order valence-corrected chi connectivity index (χ4v) is 2.10. The van der Waals surface area contributed by atoms with E-state index in [0.717, 1.165) is 4.47 Å². The Labute approximate surface area is 125 Å². The molecule has 0 spiro atoms. The minimum atomic E-state index is -0.322. The molecule has 20 heavy (non-hydrogen) atoms. The van der Waals surface area contributed by atoms with E-state index in [1.807, 2.05) is 6.07 Å². The Morgan fingerprint density at radius 3 is 2.75 bits per heavy atom. The third-order valence-electron chi connectivity index (χ3n) is 2.70. The van der Waals surface area contributed by atoms with Crippen molar-refractivity contribution in [1.82, 2.24) is 0 Å². The molecule has 0 saturated carbocycles. The van der Waals surface area contributed by atoms with Gasteiger partial charge < -0.3 is 10.1 Å². The van der Waals surface area contributed by atoms with Crippen molar-refractivity contribution in [3.05, 3.63) is 58.1 Å². The van der Waals surface area contributed by atoms with E-state index in [1.165, 1.54) is 7.11 Å². The Bertz CT molecular complexity index is 693. The average molecular weight is 331 g/mol. The van der Waals surface area contributed by atoms with Crippen molar-refractivity contribution in [2.75, 3.05) is 12.4 Å². The van der Waals surface area contributed by atoms with Crippen LogP contribution in [0.2, 0.25) is 0 Å². The van der Waals surface area contributed by atoms with Gasteiger partial charge in [-0.05, 0) is 30.3 Å². The van der Waals surface area contributed by atoms with Gasteiger partial charge in [-0.3, -0.25) is 4.79 Å². The summed E-state index contributed by atoms with van der Waals surface area (Å²) in [7, 11) is 1.51. The number of nitriles is 1. The lowest BCUT2D eigenvalue weighted by atomic mass is 10.1. The van der Waals surface area contributed by atoms with Gasteiger partial charge in [-0.1, -0.05) is 28.1 Å². The summed E-state index contributed by atoms with van der Waals surface area (Å²) in [6.07, 6.45) is 0. The Morgan fingerprint density at radius 1 is 1.30 bits per heavy atom. The quantitative estimate of drug-likeness (QED) is 0.935. The van der Waals surface area contributed by atoms with Crippen LogP contribution in [0, 0.1) is 11.3 Å². The van der Waals surface area contributed by atoms with Gasteiger partial charge in [0, 0.05) is 4.47 Å². The van der Waals surface area contributed by atoms with Crippen LogP contribution in [-0.4, -0.2) is 13.0 Å². The zero-order chi connectivity index (χ0) is 14.5. The number of carbonyl (C=O) groups is 1. The Kier molecular flexibility index (Phi) is 4.38. The molecule has 0 saturated heterocycles. The van der Waals surface area contributed by atoms with E-state index in [1.54, 1.807) is 42.5 Å². The molecule has 1 N–H and O–H groups in total. The van der Waals surface area contributed by atoms with E-state index in [4.69, 9.17) is 10.00 Å². The number of rotatable bonds is 3. The van der Waals surface area contributed by atoms with Crippen molar-refractivity contribution in [2.45, 2.75) is 0 Å². The molecule has 0 aromatic heterocycles. The number of carbonyl (C=O) groups excluding carboxylic acids is 1. The summed E-state index contributed by atoms with van der Waals surface area (Å²) in [6, 6.07) is 14.0. The van der Waals surface area contributed by atoms with E-state index in [2.05, 4.69) is 21.2 Å². The molecule has 0 aliphatic rings. The number of hydrogen-bond acceptors (Lipinski definition) is 3. The van der Waals surface area contributed by atoms with Crippen molar-refractivity contribution < 1.29 is 9.53 Å². The number of amides is 1. The number of ether oxygens (including phenoxy) is 1. The van der Waals surface area contributed by atoms with Gasteiger partial charge in [0.1, 0.15) is 11.8 Å². The summed E-state index contributed by atoms with van der Waals surface area (Å²) in [5, 5.41) is 11.8. The molecule has 0 heterocycles. The molecule has 0 unspecified atom stereocenters. The van der Waals surface area contributed by atoms with E-state index < -0.39 is 0 Å². The fourth-order valence-electron chi connectivity index (χ4n) is 1.74. The molecule has 4 nitrogen and oxygen atoms in total. The monoisotopic (exact) mass is 330 g/mol. The molecule has 100 valence electrons. The van der Waals surface area contributed by atoms with Crippen molar-refractivity contribution >= 4 is 27.5 Å². The highest BCUT2D eigenvalue weighted by molar-refractivity contribution is 9.10. The molecule has 2 rings (SSSR count). The molecule has 0 aliphatic heterocycles. The molecular formula is C15H11BrN2O2. The first-order valence-electron chi connectivity index (χ1n) is 5.79. The van der Waals surface area contributed by atoms with E-state index in [0.29, 0.717) is 22.6 Å². The fraction of sp³-hybridized carbons (Fsp3) is 0.0667. The van der Waals surface area contributed by atoms with Crippen LogP contribution in [-0.2, 0) is 0 Å². The van der Waals surface area contributed by atoms with E-state index >= 15 is 0 Å². The number of methoxy groups -OCH3 is 1. The normalized spacial score (nSPS) is 9.65. The third-order valence-corrected chi connectivity index (χ3v) is 3.20. The summed E-state index contributed by atoms with van der Waals surface area (Å²) in [5.41, 5.74) is 1.27. The Hall–Kier alpha value is -2.32. The minimum absolute atomic E-state index is 0.322. The first kappa shape index (κ1) is 14.1. The van der Waals surface area contributed by atoms with Gasteiger partial charge in [-0.2, -0.15) is 5.26 Å². The van der Waals surface area contributed by atoms with Crippen LogP contribution in [0.5, 0.6) is 5.75 Å². The van der Waals surface area contributed by atoms with Crippen LogP contribution in [0.1, 0.15) is 15.9 Å². The summed E-state index contributed by atoms with van der Waals surface area (Å²) >= 11 is 3.31. The van der Waals surface area contributed by atoms with Crippen LogP contribution in [0.15, 0.2) is 46.9 Å². The van der Waals surface area contributed by atoms with Crippen LogP contribution in [0.4, 0.5) is 5.69 Å². The lowest BCUT2D eigenvalue weighted by molar-refractivity contribution is 0.102. The summed E-state index contributed by atoms with van der Waals surface area (Å²) in [5.74, 6) is 0.163. The van der Waals surface area contributed by atoms with E-state index in [-0.39, 0.29) is 5.91 Å². The molecule has 0 aliphatic carbocycles. The molecule has 2 aromatic carbocycles. The molecular weight excluding hydrogens is 320 g/mol. The van der Waals surface area contributed by atoms with Crippen molar-refractivity contribution in [3.63, 3.8) is 0 Å². The second-order valence-corrected chi connectivity index (χ2v) is 4.87. The number of benzene rings is 2. The average Bonchev–Trinajstić information content (AvgIpc) is 2.47. The van der Waals surface area contributed by atoms with Crippen LogP contribution < -0.4 is 10.1 Å². The maximum atomic E-state index is 12.3. The highest BCUT2D eigenvalue weighted by atomic mass is 79.9.